The van der Waals surface area contributed by atoms with Crippen LogP contribution in [0.2, 0.25) is 0 Å². The van der Waals surface area contributed by atoms with Crippen LogP contribution in [0.5, 0.6) is 0 Å². The van der Waals surface area contributed by atoms with Crippen molar-refractivity contribution < 1.29 is 19.1 Å². The quantitative estimate of drug-likeness (QED) is 0.670. The van der Waals surface area contributed by atoms with Gasteiger partial charge in [0.25, 0.3) is 0 Å². The number of anilines is 2. The molecule has 0 saturated carbocycles. The molecule has 31 heavy (non-hydrogen) atoms. The normalized spacial score (nSPS) is 24.1. The molecule has 0 unspecified atom stereocenters. The first-order valence-corrected chi connectivity index (χ1v) is 12.1. The van der Waals surface area contributed by atoms with E-state index in [1.807, 2.05) is 4.90 Å². The molecule has 0 aromatic carbocycles. The topological polar surface area (TPSA) is 96.9 Å². The highest BCUT2D eigenvalue weighted by molar-refractivity contribution is 7.99. The predicted octanol–water partition coefficient (Wildman–Crippen LogP) is 1.32. The van der Waals surface area contributed by atoms with E-state index in [0.29, 0.717) is 38.8 Å². The first kappa shape index (κ1) is 20.8. The van der Waals surface area contributed by atoms with Crippen LogP contribution in [0.4, 0.5) is 11.8 Å². The second-order valence-corrected chi connectivity index (χ2v) is 9.80. The lowest BCUT2D eigenvalue weighted by Gasteiger charge is -2.39. The summed E-state index contributed by atoms with van der Waals surface area (Å²) >= 11 is 1.79. The molecule has 1 amide bonds. The summed E-state index contributed by atoms with van der Waals surface area (Å²) < 4.78 is 11.0. The summed E-state index contributed by atoms with van der Waals surface area (Å²) in [5.41, 5.74) is 1.08. The third-order valence-electron chi connectivity index (χ3n) is 6.45. The summed E-state index contributed by atoms with van der Waals surface area (Å²) in [4.78, 5) is 38.7. The van der Waals surface area contributed by atoms with Gasteiger partial charge in [-0.1, -0.05) is 0 Å². The molecule has 10 heteroatoms. The number of esters is 1. The maximum Gasteiger partial charge on any atom is 0.309 e. The molecule has 168 valence electrons. The molecule has 1 aromatic heterocycles. The SMILES string of the molecule is CC(=O)N1CC[C@H](Nc2nc(N3CC(OC(=O)C4CCOCC4)C3)nc3c2SCC3)C1. The minimum Gasteiger partial charge on any atom is -0.458 e. The second kappa shape index (κ2) is 8.82. The third kappa shape index (κ3) is 4.45. The van der Waals surface area contributed by atoms with E-state index in [9.17, 15) is 9.59 Å². The number of amides is 1. The summed E-state index contributed by atoms with van der Waals surface area (Å²) in [5, 5.41) is 3.57. The van der Waals surface area contributed by atoms with Gasteiger partial charge in [0.05, 0.1) is 29.6 Å². The van der Waals surface area contributed by atoms with Crippen LogP contribution in [-0.2, 0) is 25.5 Å². The van der Waals surface area contributed by atoms with Crippen molar-refractivity contribution in [1.29, 1.82) is 0 Å². The van der Waals surface area contributed by atoms with Gasteiger partial charge in [-0.05, 0) is 19.3 Å². The fraction of sp³-hybridized carbons (Fsp3) is 0.714. The van der Waals surface area contributed by atoms with Gasteiger partial charge < -0.3 is 24.6 Å². The molecule has 3 fully saturated rings. The highest BCUT2D eigenvalue weighted by Gasteiger charge is 2.36. The number of nitrogens with zero attached hydrogens (tertiary/aromatic N) is 4. The zero-order valence-corrected chi connectivity index (χ0v) is 18.7. The van der Waals surface area contributed by atoms with Gasteiger partial charge >= 0.3 is 5.97 Å². The minimum absolute atomic E-state index is 0.0344. The highest BCUT2D eigenvalue weighted by atomic mass is 32.2. The lowest BCUT2D eigenvalue weighted by molar-refractivity contribution is -0.158. The molecule has 5 heterocycles. The molecule has 9 nitrogen and oxygen atoms in total. The number of likely N-dealkylation sites (tertiary alicyclic amines) is 1. The van der Waals surface area contributed by atoms with E-state index >= 15 is 0 Å². The Morgan fingerprint density at radius 2 is 1.97 bits per heavy atom. The summed E-state index contributed by atoms with van der Waals surface area (Å²) in [6.07, 6.45) is 3.25. The number of ether oxygens (including phenoxy) is 2. The van der Waals surface area contributed by atoms with Gasteiger partial charge in [-0.15, -0.1) is 11.8 Å². The molecular formula is C21H29N5O4S. The summed E-state index contributed by atoms with van der Waals surface area (Å²) in [5.74, 6) is 2.57. The molecule has 5 rings (SSSR count). The van der Waals surface area contributed by atoms with Crippen LogP contribution < -0.4 is 10.2 Å². The fourth-order valence-electron chi connectivity index (χ4n) is 4.52. The van der Waals surface area contributed by atoms with Crippen LogP contribution in [0.25, 0.3) is 0 Å². The smallest absolute Gasteiger partial charge is 0.309 e. The average molecular weight is 448 g/mol. The zero-order valence-electron chi connectivity index (χ0n) is 17.8. The first-order valence-electron chi connectivity index (χ1n) is 11.2. The van der Waals surface area contributed by atoms with E-state index < -0.39 is 0 Å². The average Bonchev–Trinajstić information content (AvgIpc) is 3.40. The number of carbonyl (C=O) groups excluding carboxylic acids is 2. The lowest BCUT2D eigenvalue weighted by Crippen LogP contribution is -2.54. The largest absolute Gasteiger partial charge is 0.458 e. The monoisotopic (exact) mass is 447 g/mol. The number of aryl methyl sites for hydroxylation is 1. The van der Waals surface area contributed by atoms with Crippen LogP contribution in [0.3, 0.4) is 0 Å². The lowest BCUT2D eigenvalue weighted by atomic mass is 10.0. The van der Waals surface area contributed by atoms with Gasteiger partial charge in [0, 0.05) is 51.4 Å². The van der Waals surface area contributed by atoms with Crippen molar-refractivity contribution in [2.24, 2.45) is 5.92 Å². The van der Waals surface area contributed by atoms with E-state index in [1.165, 1.54) is 0 Å². The van der Waals surface area contributed by atoms with E-state index in [0.717, 1.165) is 54.4 Å². The van der Waals surface area contributed by atoms with Gasteiger partial charge in [-0.2, -0.15) is 4.98 Å². The summed E-state index contributed by atoms with van der Waals surface area (Å²) in [6.45, 7) is 5.64. The zero-order chi connectivity index (χ0) is 21.4. The number of fused-ring (bicyclic) bond motifs is 1. The molecule has 0 radical (unpaired) electrons. The van der Waals surface area contributed by atoms with Crippen molar-refractivity contribution in [2.75, 3.05) is 55.4 Å². The number of hydrogen-bond acceptors (Lipinski definition) is 9. The number of thioether (sulfide) groups is 1. The van der Waals surface area contributed by atoms with Gasteiger partial charge in [0.2, 0.25) is 11.9 Å². The van der Waals surface area contributed by atoms with Crippen molar-refractivity contribution >= 4 is 35.4 Å². The Labute approximate surface area is 186 Å². The highest BCUT2D eigenvalue weighted by Crippen LogP contribution is 2.38. The predicted molar refractivity (Wildman–Crippen MR) is 116 cm³/mol. The summed E-state index contributed by atoms with van der Waals surface area (Å²) in [6, 6.07) is 0.210. The van der Waals surface area contributed by atoms with Crippen LogP contribution in [0, 0.1) is 5.92 Å². The maximum absolute atomic E-state index is 12.4. The first-order chi connectivity index (χ1) is 15.1. The second-order valence-electron chi connectivity index (χ2n) is 8.69. The van der Waals surface area contributed by atoms with Crippen LogP contribution in [0.1, 0.15) is 31.9 Å². The van der Waals surface area contributed by atoms with Crippen LogP contribution >= 0.6 is 11.8 Å². The summed E-state index contributed by atoms with van der Waals surface area (Å²) in [7, 11) is 0. The molecule has 1 aromatic rings. The van der Waals surface area contributed by atoms with Crippen molar-refractivity contribution in [3.8, 4) is 0 Å². The van der Waals surface area contributed by atoms with Crippen molar-refractivity contribution in [1.82, 2.24) is 14.9 Å². The van der Waals surface area contributed by atoms with Crippen molar-refractivity contribution in [3.05, 3.63) is 5.69 Å². The Kier molecular flexibility index (Phi) is 5.92. The number of rotatable bonds is 5. The van der Waals surface area contributed by atoms with Crippen LogP contribution in [0.15, 0.2) is 4.90 Å². The van der Waals surface area contributed by atoms with Crippen molar-refractivity contribution in [3.63, 3.8) is 0 Å². The standard InChI is InChI=1S/C21H29N5O4S/c1-13(27)25-6-2-15(10-25)22-19-18-17(5-9-31-18)23-21(24-19)26-11-16(12-26)30-20(28)14-3-7-29-8-4-14/h14-16H,2-12H2,1H3,(H,22,23,24)/t15-/m0/s1. The number of nitrogens with one attached hydrogen (secondary N) is 1. The van der Waals surface area contributed by atoms with Crippen molar-refractivity contribution in [2.45, 2.75) is 49.6 Å². The van der Waals surface area contributed by atoms with E-state index in [4.69, 9.17) is 19.4 Å². The molecule has 0 bridgehead atoms. The number of aromatic nitrogens is 2. The van der Waals surface area contributed by atoms with E-state index in [-0.39, 0.29) is 29.9 Å². The van der Waals surface area contributed by atoms with Gasteiger partial charge in [0.1, 0.15) is 11.9 Å². The van der Waals surface area contributed by atoms with Gasteiger partial charge in [0.15, 0.2) is 0 Å². The Balaban J connectivity index is 1.21. The Morgan fingerprint density at radius 3 is 2.71 bits per heavy atom. The minimum atomic E-state index is -0.100. The maximum atomic E-state index is 12.4. The molecule has 1 N–H and O–H groups in total. The van der Waals surface area contributed by atoms with Gasteiger partial charge in [-0.25, -0.2) is 4.98 Å². The molecular weight excluding hydrogens is 418 g/mol. The molecule has 3 saturated heterocycles. The third-order valence-corrected chi connectivity index (χ3v) is 7.58. The van der Waals surface area contributed by atoms with E-state index in [2.05, 4.69) is 10.2 Å². The molecule has 0 spiro atoms. The number of hydrogen-bond donors (Lipinski definition) is 1. The van der Waals surface area contributed by atoms with E-state index in [1.54, 1.807) is 18.7 Å². The molecule has 0 aliphatic carbocycles. The molecule has 1 atom stereocenters. The Hall–Kier alpha value is -2.07. The Bertz CT molecular complexity index is 856. The van der Waals surface area contributed by atoms with Crippen LogP contribution in [-0.4, -0.2) is 84.0 Å². The Morgan fingerprint density at radius 1 is 1.16 bits per heavy atom. The fourth-order valence-corrected chi connectivity index (χ4v) is 5.58. The van der Waals surface area contributed by atoms with Gasteiger partial charge in [-0.3, -0.25) is 9.59 Å². The number of carbonyl (C=O) groups is 2. The molecule has 4 aliphatic heterocycles. The molecule has 4 aliphatic rings.